The highest BCUT2D eigenvalue weighted by molar-refractivity contribution is 5.77. The van der Waals surface area contributed by atoms with Gasteiger partial charge < -0.3 is 9.47 Å². The van der Waals surface area contributed by atoms with E-state index in [2.05, 4.69) is 41.5 Å². The van der Waals surface area contributed by atoms with Crippen molar-refractivity contribution in [3.63, 3.8) is 0 Å². The predicted octanol–water partition coefficient (Wildman–Crippen LogP) is 7.69. The summed E-state index contributed by atoms with van der Waals surface area (Å²) in [6.45, 7) is 19.1. The zero-order valence-corrected chi connectivity index (χ0v) is 25.0. The summed E-state index contributed by atoms with van der Waals surface area (Å²) in [6, 6.07) is 0. The summed E-state index contributed by atoms with van der Waals surface area (Å²) in [5.41, 5.74) is -0.0561. The van der Waals surface area contributed by atoms with Crippen LogP contribution in [-0.2, 0) is 19.1 Å². The van der Waals surface area contributed by atoms with E-state index in [1.54, 1.807) is 0 Å². The van der Waals surface area contributed by atoms with Gasteiger partial charge >= 0.3 is 11.9 Å². The molecule has 0 heterocycles. The molecule has 0 unspecified atom stereocenters. The van der Waals surface area contributed by atoms with Crippen LogP contribution in [0.3, 0.4) is 0 Å². The third-order valence-corrected chi connectivity index (χ3v) is 13.4. The van der Waals surface area contributed by atoms with E-state index < -0.39 is 5.41 Å². The largest absolute Gasteiger partial charge is 0.469 e. The smallest absolute Gasteiger partial charge is 0.311 e. The van der Waals surface area contributed by atoms with Crippen LogP contribution in [0.4, 0.5) is 0 Å². The van der Waals surface area contributed by atoms with Gasteiger partial charge in [-0.15, -0.1) is 0 Å². The molecule has 0 radical (unpaired) electrons. The van der Waals surface area contributed by atoms with E-state index in [0.717, 1.165) is 42.9 Å². The Morgan fingerprint density at radius 2 is 1.53 bits per heavy atom. The van der Waals surface area contributed by atoms with Crippen LogP contribution in [0.15, 0.2) is 0 Å². The molecule has 0 spiro atoms. The number of ether oxygens (including phenoxy) is 2. The van der Waals surface area contributed by atoms with Gasteiger partial charge in [0.05, 0.1) is 26.1 Å². The number of rotatable bonds is 5. The summed E-state index contributed by atoms with van der Waals surface area (Å²) >= 11 is 0. The van der Waals surface area contributed by atoms with Crippen molar-refractivity contribution >= 4 is 11.9 Å². The molecule has 0 aromatic heterocycles. The molecule has 0 aromatic rings. The first-order valence-electron chi connectivity index (χ1n) is 14.8. The molecule has 4 heteroatoms. The van der Waals surface area contributed by atoms with E-state index in [9.17, 15) is 9.59 Å². The average Bonchev–Trinajstić information content (AvgIpc) is 3.16. The molecular weight excluding hydrogens is 448 g/mol. The van der Waals surface area contributed by atoms with Crippen LogP contribution in [0.25, 0.3) is 0 Å². The summed E-state index contributed by atoms with van der Waals surface area (Å²) in [5, 5.41) is 0. The van der Waals surface area contributed by atoms with Crippen LogP contribution in [0.5, 0.6) is 0 Å². The Balaban J connectivity index is 1.78. The van der Waals surface area contributed by atoms with Gasteiger partial charge in [0.1, 0.15) is 0 Å². The molecule has 0 aliphatic heterocycles. The fourth-order valence-electron chi connectivity index (χ4n) is 11.3. The molecule has 9 atom stereocenters. The average molecular weight is 503 g/mol. The SMILES string of the molecule is COC(=O)C[C@@]1(C)[C@H](C(C)(C)C(=O)OC)CC[C@@]2(C)[C@H]1CC[C@@H]1[C@H]3[C@H](C(C)C)CC[C@@]3(C)CC[C@]12C. The Kier molecular flexibility index (Phi) is 7.00. The molecule has 4 aliphatic carbocycles. The zero-order chi connectivity index (χ0) is 26.9. The van der Waals surface area contributed by atoms with Gasteiger partial charge in [0.25, 0.3) is 0 Å². The van der Waals surface area contributed by atoms with Crippen LogP contribution in [0, 0.1) is 62.6 Å². The first-order chi connectivity index (χ1) is 16.6. The van der Waals surface area contributed by atoms with E-state index in [0.29, 0.717) is 17.8 Å². The maximum Gasteiger partial charge on any atom is 0.311 e. The second-order valence-electron chi connectivity index (χ2n) is 15.3. The molecule has 36 heavy (non-hydrogen) atoms. The van der Waals surface area contributed by atoms with Gasteiger partial charge in [-0.25, -0.2) is 0 Å². The normalized spacial score (nSPS) is 46.5. The lowest BCUT2D eigenvalue weighted by atomic mass is 9.33. The lowest BCUT2D eigenvalue weighted by Crippen LogP contribution is -2.65. The lowest BCUT2D eigenvalue weighted by molar-refractivity contribution is -0.232. The Labute approximate surface area is 221 Å². The van der Waals surface area contributed by atoms with Gasteiger partial charge in [-0.2, -0.15) is 0 Å². The summed E-state index contributed by atoms with van der Waals surface area (Å²) < 4.78 is 10.6. The van der Waals surface area contributed by atoms with Gasteiger partial charge in [0, 0.05) is 0 Å². The van der Waals surface area contributed by atoms with E-state index in [4.69, 9.17) is 9.47 Å². The first-order valence-corrected chi connectivity index (χ1v) is 14.8. The van der Waals surface area contributed by atoms with E-state index in [-0.39, 0.29) is 34.1 Å². The minimum Gasteiger partial charge on any atom is -0.469 e. The summed E-state index contributed by atoms with van der Waals surface area (Å²) in [4.78, 5) is 25.9. The molecule has 0 N–H and O–H groups in total. The fourth-order valence-corrected chi connectivity index (χ4v) is 11.3. The number of esters is 2. The standard InChI is InChI=1S/C32H54O4/c1-20(2)21-13-15-29(5)17-18-31(7)22(26(21)29)11-12-24-30(6,19-25(33)35-9)23(14-16-32(24,31)8)28(3,4)27(34)36-10/h20-24,26H,11-19H2,1-10H3/t21-,22+,23-,24-,26+,29-,30-,31+,32-/m0/s1. The van der Waals surface area contributed by atoms with Gasteiger partial charge in [0.15, 0.2) is 0 Å². The minimum absolute atomic E-state index is 0.0820. The summed E-state index contributed by atoms with van der Waals surface area (Å²) in [5.74, 6) is 3.29. The second-order valence-corrected chi connectivity index (χ2v) is 15.3. The van der Waals surface area contributed by atoms with Crippen molar-refractivity contribution in [1.82, 2.24) is 0 Å². The monoisotopic (exact) mass is 502 g/mol. The molecule has 206 valence electrons. The fraction of sp³-hybridized carbons (Fsp3) is 0.938. The van der Waals surface area contributed by atoms with Gasteiger partial charge in [-0.05, 0) is 122 Å². The van der Waals surface area contributed by atoms with Crippen molar-refractivity contribution in [2.24, 2.45) is 62.6 Å². The number of carbonyl (C=O) groups excluding carboxylic acids is 2. The summed E-state index contributed by atoms with van der Waals surface area (Å²) in [7, 11) is 2.99. The van der Waals surface area contributed by atoms with Crippen LogP contribution < -0.4 is 0 Å². The van der Waals surface area contributed by atoms with Crippen LogP contribution in [-0.4, -0.2) is 26.2 Å². The minimum atomic E-state index is -0.643. The van der Waals surface area contributed by atoms with Crippen molar-refractivity contribution in [2.45, 2.75) is 113 Å². The lowest BCUT2D eigenvalue weighted by Gasteiger charge is -2.71. The Bertz CT molecular complexity index is 877. The zero-order valence-electron chi connectivity index (χ0n) is 25.0. The molecule has 0 saturated heterocycles. The third-order valence-electron chi connectivity index (χ3n) is 13.4. The Morgan fingerprint density at radius 3 is 2.11 bits per heavy atom. The quantitative estimate of drug-likeness (QED) is 0.362. The molecule has 4 nitrogen and oxygen atoms in total. The molecule has 4 saturated carbocycles. The van der Waals surface area contributed by atoms with Crippen LogP contribution in [0.1, 0.15) is 113 Å². The van der Waals surface area contributed by atoms with E-state index in [1.807, 2.05) is 13.8 Å². The molecule has 4 rings (SSSR count). The van der Waals surface area contributed by atoms with Crippen molar-refractivity contribution in [2.75, 3.05) is 14.2 Å². The number of hydrogen-bond acceptors (Lipinski definition) is 4. The third kappa shape index (κ3) is 3.73. The molecule has 0 aromatic carbocycles. The number of carbonyl (C=O) groups is 2. The summed E-state index contributed by atoms with van der Waals surface area (Å²) in [6.07, 6.45) is 10.3. The maximum atomic E-state index is 13.0. The maximum absolute atomic E-state index is 13.0. The second kappa shape index (κ2) is 9.01. The number of methoxy groups -OCH3 is 2. The molecular formula is C32H54O4. The number of fused-ring (bicyclic) bond motifs is 5. The van der Waals surface area contributed by atoms with E-state index >= 15 is 0 Å². The van der Waals surface area contributed by atoms with Gasteiger partial charge in [-0.1, -0.05) is 41.5 Å². The highest BCUT2D eigenvalue weighted by Crippen LogP contribution is 2.76. The van der Waals surface area contributed by atoms with Crippen LogP contribution >= 0.6 is 0 Å². The highest BCUT2D eigenvalue weighted by atomic mass is 16.5. The molecule has 4 fully saturated rings. The number of hydrogen-bond donors (Lipinski definition) is 0. The first kappa shape index (κ1) is 28.0. The van der Waals surface area contributed by atoms with Crippen molar-refractivity contribution in [3.8, 4) is 0 Å². The van der Waals surface area contributed by atoms with Crippen LogP contribution in [0.2, 0.25) is 0 Å². The molecule has 0 amide bonds. The topological polar surface area (TPSA) is 52.6 Å². The molecule has 0 bridgehead atoms. The Morgan fingerprint density at radius 1 is 0.861 bits per heavy atom. The van der Waals surface area contributed by atoms with Crippen molar-refractivity contribution in [3.05, 3.63) is 0 Å². The van der Waals surface area contributed by atoms with Crippen molar-refractivity contribution < 1.29 is 19.1 Å². The van der Waals surface area contributed by atoms with Gasteiger partial charge in [-0.3, -0.25) is 9.59 Å². The Hall–Kier alpha value is -1.06. The van der Waals surface area contributed by atoms with Gasteiger partial charge in [0.2, 0.25) is 0 Å². The predicted molar refractivity (Wildman–Crippen MR) is 144 cm³/mol. The van der Waals surface area contributed by atoms with Crippen molar-refractivity contribution in [1.29, 1.82) is 0 Å². The van der Waals surface area contributed by atoms with E-state index in [1.165, 1.54) is 46.3 Å². The highest BCUT2D eigenvalue weighted by Gasteiger charge is 2.70. The molecule has 4 aliphatic rings.